The smallest absolute Gasteiger partial charge is 0.263 e. The van der Waals surface area contributed by atoms with E-state index < -0.39 is 10.0 Å². The van der Waals surface area contributed by atoms with Gasteiger partial charge in [-0.3, -0.25) is 9.40 Å². The molecule has 24 heavy (non-hydrogen) atoms. The number of hydrogen-bond acceptors (Lipinski definition) is 4. The molecule has 0 spiro atoms. The number of nitriles is 1. The fraction of sp³-hybridized carbons (Fsp3) is 0.412. The molecule has 1 heterocycles. The van der Waals surface area contributed by atoms with Gasteiger partial charge in [0.25, 0.3) is 10.0 Å². The summed E-state index contributed by atoms with van der Waals surface area (Å²) < 4.78 is 29.4. The maximum atomic E-state index is 12.7. The van der Waals surface area contributed by atoms with Gasteiger partial charge in [0.1, 0.15) is 5.82 Å². The van der Waals surface area contributed by atoms with Crippen molar-refractivity contribution in [3.8, 4) is 6.07 Å². The van der Waals surface area contributed by atoms with Gasteiger partial charge < -0.3 is 0 Å². The van der Waals surface area contributed by atoms with Crippen LogP contribution in [0, 0.1) is 23.7 Å². The predicted molar refractivity (Wildman–Crippen MR) is 93.1 cm³/mol. The van der Waals surface area contributed by atoms with E-state index in [-0.39, 0.29) is 10.3 Å². The molecular formula is C17H22N4O2S. The van der Waals surface area contributed by atoms with Gasteiger partial charge in [0.15, 0.2) is 0 Å². The van der Waals surface area contributed by atoms with Crippen LogP contribution in [-0.2, 0) is 23.5 Å². The van der Waals surface area contributed by atoms with E-state index in [1.165, 1.54) is 10.7 Å². The van der Waals surface area contributed by atoms with Gasteiger partial charge in [-0.2, -0.15) is 10.4 Å². The maximum Gasteiger partial charge on any atom is 0.263 e. The van der Waals surface area contributed by atoms with Crippen LogP contribution in [-0.4, -0.2) is 18.2 Å². The third-order valence-corrected chi connectivity index (χ3v) is 4.98. The first-order valence-electron chi connectivity index (χ1n) is 7.58. The summed E-state index contributed by atoms with van der Waals surface area (Å²) in [5.74, 6) is 0.399. The molecule has 128 valence electrons. The summed E-state index contributed by atoms with van der Waals surface area (Å²) in [6, 6.07) is 8.31. The van der Waals surface area contributed by atoms with Gasteiger partial charge in [-0.25, -0.2) is 8.42 Å². The Bertz CT molecular complexity index is 900. The number of nitrogens with zero attached hydrogens (tertiary/aromatic N) is 3. The zero-order chi connectivity index (χ0) is 18.1. The van der Waals surface area contributed by atoms with Gasteiger partial charge in [-0.05, 0) is 36.5 Å². The third-order valence-electron chi connectivity index (χ3n) is 3.49. The second-order valence-electron chi connectivity index (χ2n) is 7.08. The lowest BCUT2D eigenvalue weighted by atomic mass is 9.91. The van der Waals surface area contributed by atoms with Crippen molar-refractivity contribution in [3.05, 3.63) is 41.1 Å². The fourth-order valence-electron chi connectivity index (χ4n) is 2.40. The lowest BCUT2D eigenvalue weighted by Gasteiger charge is -2.15. The molecule has 1 aromatic heterocycles. The lowest BCUT2D eigenvalue weighted by Crippen LogP contribution is -2.16. The highest BCUT2D eigenvalue weighted by molar-refractivity contribution is 7.92. The Morgan fingerprint density at radius 3 is 2.54 bits per heavy atom. The molecule has 0 radical (unpaired) electrons. The topological polar surface area (TPSA) is 87.8 Å². The zero-order valence-electron chi connectivity index (χ0n) is 14.6. The van der Waals surface area contributed by atoms with Crippen molar-refractivity contribution < 1.29 is 8.42 Å². The molecule has 0 atom stereocenters. The van der Waals surface area contributed by atoms with Crippen molar-refractivity contribution in [2.45, 2.75) is 39.0 Å². The number of aryl methyl sites for hydroxylation is 2. The van der Waals surface area contributed by atoms with E-state index in [0.717, 1.165) is 12.1 Å². The second kappa shape index (κ2) is 6.29. The van der Waals surface area contributed by atoms with Crippen LogP contribution in [0.1, 0.15) is 37.6 Å². The van der Waals surface area contributed by atoms with Crippen LogP contribution >= 0.6 is 0 Å². The normalized spacial score (nSPS) is 12.0. The van der Waals surface area contributed by atoms with Crippen LogP contribution in [0.15, 0.2) is 29.2 Å². The quantitative estimate of drug-likeness (QED) is 0.922. The highest BCUT2D eigenvalue weighted by Gasteiger charge is 2.21. The van der Waals surface area contributed by atoms with Crippen molar-refractivity contribution in [3.63, 3.8) is 0 Å². The first-order valence-corrected chi connectivity index (χ1v) is 9.07. The van der Waals surface area contributed by atoms with Crippen molar-refractivity contribution in [2.75, 3.05) is 4.72 Å². The van der Waals surface area contributed by atoms with Crippen molar-refractivity contribution in [1.82, 2.24) is 9.78 Å². The van der Waals surface area contributed by atoms with Crippen LogP contribution in [0.4, 0.5) is 5.82 Å². The van der Waals surface area contributed by atoms with Gasteiger partial charge >= 0.3 is 0 Å². The summed E-state index contributed by atoms with van der Waals surface area (Å²) in [5.41, 5.74) is 1.77. The Labute approximate surface area is 143 Å². The average Bonchev–Trinajstić information content (AvgIpc) is 2.76. The van der Waals surface area contributed by atoms with E-state index in [9.17, 15) is 8.42 Å². The van der Waals surface area contributed by atoms with E-state index in [1.807, 2.05) is 6.07 Å². The molecule has 2 aromatic rings. The number of hydrogen-bond donors (Lipinski definition) is 1. The molecule has 0 saturated carbocycles. The molecule has 1 aromatic carbocycles. The SMILES string of the molecule is Cc1ccc(C#N)cc1S(=O)(=O)Nc1cc(CC(C)(C)C)nn1C. The van der Waals surface area contributed by atoms with Gasteiger partial charge in [-0.1, -0.05) is 26.8 Å². The molecule has 0 unspecified atom stereocenters. The maximum absolute atomic E-state index is 12.7. The summed E-state index contributed by atoms with van der Waals surface area (Å²) in [5, 5.41) is 13.4. The summed E-state index contributed by atoms with van der Waals surface area (Å²) in [6.45, 7) is 8.00. The molecule has 0 amide bonds. The third kappa shape index (κ3) is 4.15. The van der Waals surface area contributed by atoms with Crippen molar-refractivity contribution in [2.24, 2.45) is 12.5 Å². The Balaban J connectivity index is 2.35. The van der Waals surface area contributed by atoms with Gasteiger partial charge in [0, 0.05) is 13.1 Å². The Morgan fingerprint density at radius 1 is 1.29 bits per heavy atom. The van der Waals surface area contributed by atoms with Crippen LogP contribution in [0.5, 0.6) is 0 Å². The number of nitrogens with one attached hydrogen (secondary N) is 1. The molecule has 0 aliphatic carbocycles. The first kappa shape index (κ1) is 18.0. The van der Waals surface area contributed by atoms with E-state index >= 15 is 0 Å². The number of sulfonamides is 1. The molecule has 7 heteroatoms. The molecular weight excluding hydrogens is 324 g/mol. The van der Waals surface area contributed by atoms with Crippen molar-refractivity contribution in [1.29, 1.82) is 5.26 Å². The predicted octanol–water partition coefficient (Wildman–Crippen LogP) is 2.99. The minimum atomic E-state index is -3.79. The highest BCUT2D eigenvalue weighted by atomic mass is 32.2. The van der Waals surface area contributed by atoms with E-state index in [0.29, 0.717) is 16.9 Å². The van der Waals surface area contributed by atoms with Gasteiger partial charge in [0.05, 0.1) is 22.2 Å². The van der Waals surface area contributed by atoms with E-state index in [4.69, 9.17) is 5.26 Å². The molecule has 1 N–H and O–H groups in total. The van der Waals surface area contributed by atoms with Gasteiger partial charge in [-0.15, -0.1) is 0 Å². The number of benzene rings is 1. The van der Waals surface area contributed by atoms with E-state index in [1.54, 1.807) is 32.2 Å². The standard InChI is InChI=1S/C17H22N4O2S/c1-12-6-7-13(11-18)8-15(12)24(22,23)20-16-9-14(19-21(16)5)10-17(2,3)4/h6-9,20H,10H2,1-5H3. The Kier molecular flexibility index (Phi) is 4.72. The van der Waals surface area contributed by atoms with Crippen LogP contribution in [0.3, 0.4) is 0 Å². The van der Waals surface area contributed by atoms with Gasteiger partial charge in [0.2, 0.25) is 0 Å². The molecule has 0 bridgehead atoms. The summed E-state index contributed by atoms with van der Waals surface area (Å²) >= 11 is 0. The van der Waals surface area contributed by atoms with Crippen LogP contribution in [0.2, 0.25) is 0 Å². The molecule has 0 fully saturated rings. The van der Waals surface area contributed by atoms with E-state index in [2.05, 4.69) is 30.6 Å². The van der Waals surface area contributed by atoms with Crippen LogP contribution in [0.25, 0.3) is 0 Å². The number of aromatic nitrogens is 2. The Morgan fingerprint density at radius 2 is 1.96 bits per heavy atom. The average molecular weight is 346 g/mol. The largest absolute Gasteiger partial charge is 0.264 e. The number of anilines is 1. The lowest BCUT2D eigenvalue weighted by molar-refractivity contribution is 0.404. The fourth-order valence-corrected chi connectivity index (χ4v) is 3.75. The molecule has 2 rings (SSSR count). The minimum absolute atomic E-state index is 0.0578. The monoisotopic (exact) mass is 346 g/mol. The summed E-state index contributed by atoms with van der Waals surface area (Å²) in [7, 11) is -2.09. The molecule has 6 nitrogen and oxygen atoms in total. The highest BCUT2D eigenvalue weighted by Crippen LogP contribution is 2.24. The van der Waals surface area contributed by atoms with Crippen LogP contribution < -0.4 is 4.72 Å². The molecule has 0 saturated heterocycles. The zero-order valence-corrected chi connectivity index (χ0v) is 15.4. The summed E-state index contributed by atoms with van der Waals surface area (Å²) in [4.78, 5) is 0.0973. The second-order valence-corrected chi connectivity index (χ2v) is 8.73. The number of rotatable bonds is 4. The minimum Gasteiger partial charge on any atom is -0.264 e. The molecule has 0 aliphatic heterocycles. The summed E-state index contributed by atoms with van der Waals surface area (Å²) in [6.07, 6.45) is 0.742. The molecule has 0 aliphatic rings. The first-order chi connectivity index (χ1) is 11.0. The van der Waals surface area contributed by atoms with Crippen molar-refractivity contribution >= 4 is 15.8 Å². The Hall–Kier alpha value is -2.33.